The van der Waals surface area contributed by atoms with Gasteiger partial charge in [-0.1, -0.05) is 0 Å². The molecule has 3 aromatic heterocycles. The molecular weight excluding hydrogens is 256 g/mol. The highest BCUT2D eigenvalue weighted by Gasteiger charge is 2.11. The average molecular weight is 270 g/mol. The van der Waals surface area contributed by atoms with E-state index < -0.39 is 0 Å². The second-order valence-corrected chi connectivity index (χ2v) is 4.39. The first kappa shape index (κ1) is 12.3. The van der Waals surface area contributed by atoms with Gasteiger partial charge in [-0.2, -0.15) is 14.6 Å². The molecule has 3 aromatic rings. The number of aryl methyl sites for hydroxylation is 1. The summed E-state index contributed by atoms with van der Waals surface area (Å²) in [5, 5.41) is 7.43. The van der Waals surface area contributed by atoms with Gasteiger partial charge in [-0.3, -0.25) is 0 Å². The van der Waals surface area contributed by atoms with Gasteiger partial charge in [0.1, 0.15) is 23.8 Å². The molecule has 3 rings (SSSR count). The van der Waals surface area contributed by atoms with Crippen LogP contribution in [0.1, 0.15) is 17.1 Å². The smallest absolute Gasteiger partial charge is 0.254 e. The summed E-state index contributed by atoms with van der Waals surface area (Å²) < 4.78 is 1.66. The van der Waals surface area contributed by atoms with Crippen LogP contribution in [0, 0.1) is 13.8 Å². The zero-order valence-corrected chi connectivity index (χ0v) is 11.2. The van der Waals surface area contributed by atoms with E-state index >= 15 is 0 Å². The number of aromatic nitrogens is 6. The van der Waals surface area contributed by atoms with E-state index in [9.17, 15) is 0 Å². The van der Waals surface area contributed by atoms with Crippen LogP contribution in [-0.4, -0.2) is 29.5 Å². The minimum atomic E-state index is 0.449. The quantitative estimate of drug-likeness (QED) is 0.722. The number of hydrogen-bond acceptors (Lipinski definition) is 7. The highest BCUT2D eigenvalue weighted by molar-refractivity contribution is 5.51. The third-order valence-electron chi connectivity index (χ3n) is 3.05. The molecule has 102 valence electrons. The maximum Gasteiger partial charge on any atom is 0.254 e. The van der Waals surface area contributed by atoms with Crippen molar-refractivity contribution in [3.05, 3.63) is 35.7 Å². The first-order chi connectivity index (χ1) is 9.65. The standard InChI is InChI=1S/C12H14N8/c1-7-8(2)18-12-16-6-17-20(12)11(7)15-5-10-14-4-3-9(13)19-10/h3-4,6,15H,5H2,1-2H3,(H2,13,14,19). The average Bonchev–Trinajstić information content (AvgIpc) is 2.87. The van der Waals surface area contributed by atoms with Crippen LogP contribution in [-0.2, 0) is 6.54 Å². The lowest BCUT2D eigenvalue weighted by Gasteiger charge is -2.11. The zero-order valence-electron chi connectivity index (χ0n) is 11.2. The van der Waals surface area contributed by atoms with Gasteiger partial charge in [-0.15, -0.1) is 0 Å². The van der Waals surface area contributed by atoms with Crippen molar-refractivity contribution in [1.29, 1.82) is 0 Å². The SMILES string of the molecule is Cc1nc2ncnn2c(NCc2nccc(N)n2)c1C. The molecule has 0 radical (unpaired) electrons. The van der Waals surface area contributed by atoms with Crippen LogP contribution in [0.5, 0.6) is 0 Å². The summed E-state index contributed by atoms with van der Waals surface area (Å²) in [6, 6.07) is 1.65. The molecule has 0 saturated heterocycles. The van der Waals surface area contributed by atoms with Crippen LogP contribution in [0.15, 0.2) is 18.6 Å². The Labute approximate surface area is 115 Å². The summed E-state index contributed by atoms with van der Waals surface area (Å²) in [6.07, 6.45) is 3.11. The van der Waals surface area contributed by atoms with Crippen LogP contribution in [0.4, 0.5) is 11.6 Å². The van der Waals surface area contributed by atoms with Crippen molar-refractivity contribution < 1.29 is 0 Å². The Kier molecular flexibility index (Phi) is 2.90. The maximum atomic E-state index is 5.64. The van der Waals surface area contributed by atoms with Crippen LogP contribution in [0.3, 0.4) is 0 Å². The van der Waals surface area contributed by atoms with E-state index in [0.717, 1.165) is 17.1 Å². The number of nitrogens with zero attached hydrogens (tertiary/aromatic N) is 6. The Morgan fingerprint density at radius 2 is 2.10 bits per heavy atom. The lowest BCUT2D eigenvalue weighted by Crippen LogP contribution is -2.12. The number of hydrogen-bond donors (Lipinski definition) is 2. The van der Waals surface area contributed by atoms with Crippen molar-refractivity contribution in [3.63, 3.8) is 0 Å². The molecule has 0 aliphatic rings. The number of anilines is 2. The van der Waals surface area contributed by atoms with E-state index in [0.29, 0.717) is 24.0 Å². The topological polar surface area (TPSA) is 107 Å². The number of fused-ring (bicyclic) bond motifs is 1. The molecule has 0 unspecified atom stereocenters. The molecule has 0 saturated carbocycles. The molecule has 0 aromatic carbocycles. The Hall–Kier alpha value is -2.77. The van der Waals surface area contributed by atoms with E-state index in [4.69, 9.17) is 5.73 Å². The summed E-state index contributed by atoms with van der Waals surface area (Å²) in [5.41, 5.74) is 7.55. The van der Waals surface area contributed by atoms with Gasteiger partial charge >= 0.3 is 0 Å². The fraction of sp³-hybridized carbons (Fsp3) is 0.250. The summed E-state index contributed by atoms with van der Waals surface area (Å²) in [6.45, 7) is 4.36. The largest absolute Gasteiger partial charge is 0.384 e. The molecule has 3 N–H and O–H groups in total. The maximum absolute atomic E-state index is 5.64. The molecule has 0 atom stereocenters. The lowest BCUT2D eigenvalue weighted by molar-refractivity contribution is 0.880. The third-order valence-corrected chi connectivity index (χ3v) is 3.05. The second kappa shape index (κ2) is 4.72. The van der Waals surface area contributed by atoms with Crippen LogP contribution < -0.4 is 11.1 Å². The first-order valence-electron chi connectivity index (χ1n) is 6.13. The normalized spacial score (nSPS) is 10.9. The van der Waals surface area contributed by atoms with Crippen molar-refractivity contribution in [1.82, 2.24) is 29.5 Å². The van der Waals surface area contributed by atoms with E-state index in [1.807, 2.05) is 13.8 Å². The van der Waals surface area contributed by atoms with E-state index in [1.165, 1.54) is 6.33 Å². The van der Waals surface area contributed by atoms with E-state index in [-0.39, 0.29) is 0 Å². The van der Waals surface area contributed by atoms with Crippen molar-refractivity contribution >= 4 is 17.4 Å². The molecule has 0 bridgehead atoms. The highest BCUT2D eigenvalue weighted by atomic mass is 15.4. The second-order valence-electron chi connectivity index (χ2n) is 4.39. The number of rotatable bonds is 3. The summed E-state index contributed by atoms with van der Waals surface area (Å²) >= 11 is 0. The molecule has 20 heavy (non-hydrogen) atoms. The van der Waals surface area contributed by atoms with Gasteiger partial charge in [0.25, 0.3) is 5.78 Å². The van der Waals surface area contributed by atoms with Crippen molar-refractivity contribution in [2.24, 2.45) is 0 Å². The molecule has 0 aliphatic carbocycles. The Morgan fingerprint density at radius 3 is 2.90 bits per heavy atom. The Balaban J connectivity index is 1.94. The van der Waals surface area contributed by atoms with Crippen molar-refractivity contribution in [2.75, 3.05) is 11.1 Å². The summed E-state index contributed by atoms with van der Waals surface area (Å²) in [7, 11) is 0. The first-order valence-corrected chi connectivity index (χ1v) is 6.13. The van der Waals surface area contributed by atoms with Crippen LogP contribution in [0.25, 0.3) is 5.78 Å². The van der Waals surface area contributed by atoms with Crippen LogP contribution >= 0.6 is 0 Å². The monoisotopic (exact) mass is 270 g/mol. The minimum absolute atomic E-state index is 0.449. The van der Waals surface area contributed by atoms with Gasteiger partial charge in [-0.05, 0) is 19.9 Å². The molecule has 0 spiro atoms. The third kappa shape index (κ3) is 2.11. The number of nitrogen functional groups attached to an aromatic ring is 1. The predicted octanol–water partition coefficient (Wildman–Crippen LogP) is 0.725. The molecule has 8 heteroatoms. The molecule has 0 fully saturated rings. The fourth-order valence-corrected chi connectivity index (χ4v) is 1.90. The minimum Gasteiger partial charge on any atom is -0.384 e. The Morgan fingerprint density at radius 1 is 1.25 bits per heavy atom. The predicted molar refractivity (Wildman–Crippen MR) is 74.0 cm³/mol. The zero-order chi connectivity index (χ0) is 14.1. The molecule has 0 amide bonds. The highest BCUT2D eigenvalue weighted by Crippen LogP contribution is 2.18. The summed E-state index contributed by atoms with van der Waals surface area (Å²) in [5.74, 6) is 2.46. The van der Waals surface area contributed by atoms with E-state index in [2.05, 4.69) is 30.4 Å². The van der Waals surface area contributed by atoms with E-state index in [1.54, 1.807) is 16.8 Å². The fourth-order valence-electron chi connectivity index (χ4n) is 1.90. The summed E-state index contributed by atoms with van der Waals surface area (Å²) in [4.78, 5) is 16.8. The van der Waals surface area contributed by atoms with Gasteiger partial charge < -0.3 is 11.1 Å². The molecular formula is C12H14N8. The van der Waals surface area contributed by atoms with Crippen molar-refractivity contribution in [2.45, 2.75) is 20.4 Å². The van der Waals surface area contributed by atoms with Gasteiger partial charge in [0, 0.05) is 17.5 Å². The number of nitrogens with two attached hydrogens (primary N) is 1. The number of nitrogens with one attached hydrogen (secondary N) is 1. The van der Waals surface area contributed by atoms with Crippen LogP contribution in [0.2, 0.25) is 0 Å². The molecule has 0 aliphatic heterocycles. The van der Waals surface area contributed by atoms with Gasteiger partial charge in [0.05, 0.1) is 6.54 Å². The van der Waals surface area contributed by atoms with Crippen molar-refractivity contribution in [3.8, 4) is 0 Å². The van der Waals surface area contributed by atoms with Gasteiger partial charge in [0.2, 0.25) is 0 Å². The Bertz CT molecular complexity index is 763. The molecule has 3 heterocycles. The molecule has 8 nitrogen and oxygen atoms in total. The van der Waals surface area contributed by atoms with Gasteiger partial charge in [0.15, 0.2) is 0 Å². The lowest BCUT2D eigenvalue weighted by atomic mass is 10.2. The van der Waals surface area contributed by atoms with Gasteiger partial charge in [-0.25, -0.2) is 15.0 Å².